The van der Waals surface area contributed by atoms with Gasteiger partial charge in [-0.3, -0.25) is 0 Å². The van der Waals surface area contributed by atoms with Gasteiger partial charge in [-0.05, 0) is 0 Å². The molecule has 0 amide bonds. The van der Waals surface area contributed by atoms with E-state index in [4.69, 9.17) is 5.73 Å². The summed E-state index contributed by atoms with van der Waals surface area (Å²) in [5.74, 6) is 0. The minimum absolute atomic E-state index is 0.251. The van der Waals surface area contributed by atoms with E-state index in [2.05, 4.69) is 19.2 Å². The van der Waals surface area contributed by atoms with E-state index in [-0.39, 0.29) is 5.06 Å². The van der Waals surface area contributed by atoms with Gasteiger partial charge < -0.3 is 0 Å². The van der Waals surface area contributed by atoms with Crippen molar-refractivity contribution in [2.75, 3.05) is 0 Å². The molecule has 0 bridgehead atoms. The van der Waals surface area contributed by atoms with Crippen LogP contribution < -0.4 is 11.1 Å². The van der Waals surface area contributed by atoms with Crippen molar-refractivity contribution in [2.45, 2.75) is 51.0 Å². The van der Waals surface area contributed by atoms with Crippen LogP contribution in [0.1, 0.15) is 46.0 Å². The second-order valence-electron chi connectivity index (χ2n) is 3.44. The molecule has 1 rings (SSSR count). The molecule has 3 heteroatoms. The number of nitrogens with two attached hydrogens (primary N) is 1. The standard InChI is InChI=1S/C10H20N2Se/c1-3-5-7-8-9(6-4-2)13-10(11)12-8/h10,12H,3-7,11H2,1-2H3. The predicted molar refractivity (Wildman–Crippen MR) is 58.3 cm³/mol. The second-order valence-corrected chi connectivity index (χ2v) is 6.03. The Morgan fingerprint density at radius 2 is 2.08 bits per heavy atom. The van der Waals surface area contributed by atoms with Gasteiger partial charge in [0.15, 0.2) is 0 Å². The summed E-state index contributed by atoms with van der Waals surface area (Å²) in [6, 6.07) is 0. The van der Waals surface area contributed by atoms with Crippen molar-refractivity contribution in [1.29, 1.82) is 0 Å². The molecule has 1 heterocycles. The number of unbranched alkanes of at least 4 members (excludes halogenated alkanes) is 1. The summed E-state index contributed by atoms with van der Waals surface area (Å²) in [5, 5.41) is 3.66. The van der Waals surface area contributed by atoms with E-state index in [1.807, 2.05) is 0 Å². The first-order valence-electron chi connectivity index (χ1n) is 5.18. The van der Waals surface area contributed by atoms with Gasteiger partial charge in [-0.25, -0.2) is 0 Å². The molecule has 1 aliphatic rings. The summed E-state index contributed by atoms with van der Waals surface area (Å²) in [6.07, 6.45) is 6.27. The topological polar surface area (TPSA) is 38.0 Å². The molecule has 1 aliphatic heterocycles. The van der Waals surface area contributed by atoms with Crippen LogP contribution >= 0.6 is 0 Å². The van der Waals surface area contributed by atoms with E-state index >= 15 is 0 Å². The molecular formula is C10H20N2Se. The third-order valence-electron chi connectivity index (χ3n) is 2.18. The normalized spacial score (nSPS) is 22.2. The van der Waals surface area contributed by atoms with E-state index in [1.54, 1.807) is 4.47 Å². The molecule has 1 atom stereocenters. The van der Waals surface area contributed by atoms with Gasteiger partial charge in [0.2, 0.25) is 0 Å². The average molecular weight is 247 g/mol. The molecule has 0 aliphatic carbocycles. The van der Waals surface area contributed by atoms with E-state index in [9.17, 15) is 0 Å². The molecule has 1 unspecified atom stereocenters. The van der Waals surface area contributed by atoms with Crippen molar-refractivity contribution < 1.29 is 0 Å². The van der Waals surface area contributed by atoms with Crippen LogP contribution in [-0.4, -0.2) is 20.0 Å². The van der Waals surface area contributed by atoms with E-state index in [1.165, 1.54) is 37.8 Å². The zero-order valence-electron chi connectivity index (χ0n) is 8.60. The maximum atomic E-state index is 5.89. The molecule has 0 aromatic rings. The SMILES string of the molecule is CCCCC1=C(CCC)[Se]C(N)N1. The molecule has 2 nitrogen and oxygen atoms in total. The first kappa shape index (κ1) is 11.1. The molecule has 0 saturated heterocycles. The van der Waals surface area contributed by atoms with Gasteiger partial charge in [0.1, 0.15) is 0 Å². The van der Waals surface area contributed by atoms with Crippen LogP contribution in [0.2, 0.25) is 0 Å². The predicted octanol–water partition coefficient (Wildman–Crippen LogP) is 1.74. The summed E-state index contributed by atoms with van der Waals surface area (Å²) in [7, 11) is 0. The van der Waals surface area contributed by atoms with Crippen molar-refractivity contribution in [2.24, 2.45) is 5.73 Å². The second kappa shape index (κ2) is 5.69. The first-order chi connectivity index (χ1) is 6.27. The van der Waals surface area contributed by atoms with E-state index in [0.29, 0.717) is 15.0 Å². The van der Waals surface area contributed by atoms with Crippen LogP contribution in [0.15, 0.2) is 10.2 Å². The van der Waals surface area contributed by atoms with Crippen molar-refractivity contribution in [1.82, 2.24) is 5.32 Å². The Labute approximate surface area is 87.5 Å². The molecule has 0 aromatic heterocycles. The molecule has 13 heavy (non-hydrogen) atoms. The zero-order valence-corrected chi connectivity index (χ0v) is 10.3. The van der Waals surface area contributed by atoms with Gasteiger partial charge in [0.25, 0.3) is 0 Å². The monoisotopic (exact) mass is 248 g/mol. The molecule has 76 valence electrons. The van der Waals surface area contributed by atoms with Crippen LogP contribution in [0.25, 0.3) is 0 Å². The number of nitrogens with one attached hydrogen (secondary N) is 1. The summed E-state index contributed by atoms with van der Waals surface area (Å²) in [4.78, 5) is 0. The fraction of sp³-hybridized carbons (Fsp3) is 0.800. The Kier molecular flexibility index (Phi) is 4.85. The molecule has 3 N–H and O–H groups in total. The Bertz CT molecular complexity index is 189. The fourth-order valence-corrected chi connectivity index (χ4v) is 3.89. The number of hydrogen-bond acceptors (Lipinski definition) is 2. The van der Waals surface area contributed by atoms with Crippen molar-refractivity contribution in [3.63, 3.8) is 0 Å². The van der Waals surface area contributed by atoms with Crippen LogP contribution in [0.4, 0.5) is 0 Å². The van der Waals surface area contributed by atoms with Gasteiger partial charge in [-0.15, -0.1) is 0 Å². The van der Waals surface area contributed by atoms with Crippen molar-refractivity contribution in [3.05, 3.63) is 10.2 Å². The fourth-order valence-electron chi connectivity index (χ4n) is 1.51. The number of hydrogen-bond donors (Lipinski definition) is 2. The quantitative estimate of drug-likeness (QED) is 0.726. The first-order valence-corrected chi connectivity index (χ1v) is 7.03. The summed E-state index contributed by atoms with van der Waals surface area (Å²) >= 11 is 0.513. The van der Waals surface area contributed by atoms with Gasteiger partial charge >= 0.3 is 87.2 Å². The van der Waals surface area contributed by atoms with Crippen LogP contribution in [-0.2, 0) is 0 Å². The summed E-state index contributed by atoms with van der Waals surface area (Å²) < 4.78 is 1.64. The number of rotatable bonds is 5. The van der Waals surface area contributed by atoms with Gasteiger partial charge in [0, 0.05) is 0 Å². The van der Waals surface area contributed by atoms with Crippen LogP contribution in [0, 0.1) is 0 Å². The van der Waals surface area contributed by atoms with Gasteiger partial charge in [-0.2, -0.15) is 0 Å². The average Bonchev–Trinajstić information content (AvgIpc) is 2.44. The third kappa shape index (κ3) is 3.34. The van der Waals surface area contributed by atoms with Gasteiger partial charge in [0.05, 0.1) is 0 Å². The molecule has 0 saturated carbocycles. The minimum atomic E-state index is 0.251. The number of allylic oxidation sites excluding steroid dienone is 2. The van der Waals surface area contributed by atoms with Gasteiger partial charge in [-0.1, -0.05) is 0 Å². The van der Waals surface area contributed by atoms with Crippen LogP contribution in [0.3, 0.4) is 0 Å². The maximum absolute atomic E-state index is 5.89. The van der Waals surface area contributed by atoms with Crippen molar-refractivity contribution >= 4 is 15.0 Å². The third-order valence-corrected chi connectivity index (χ3v) is 4.50. The zero-order chi connectivity index (χ0) is 9.68. The van der Waals surface area contributed by atoms with E-state index < -0.39 is 0 Å². The Morgan fingerprint density at radius 1 is 1.31 bits per heavy atom. The molecule has 0 spiro atoms. The van der Waals surface area contributed by atoms with E-state index in [0.717, 1.165) is 0 Å². The molecular weight excluding hydrogens is 227 g/mol. The Morgan fingerprint density at radius 3 is 2.69 bits per heavy atom. The molecule has 0 aromatic carbocycles. The Hall–Kier alpha value is 0.0195. The Balaban J connectivity index is 2.48. The van der Waals surface area contributed by atoms with Crippen LogP contribution in [0.5, 0.6) is 0 Å². The molecule has 0 fully saturated rings. The summed E-state index contributed by atoms with van der Waals surface area (Å²) in [6.45, 7) is 4.48. The molecule has 0 radical (unpaired) electrons. The summed E-state index contributed by atoms with van der Waals surface area (Å²) in [5.41, 5.74) is 7.36. The van der Waals surface area contributed by atoms with Crippen molar-refractivity contribution in [3.8, 4) is 0 Å².